The van der Waals surface area contributed by atoms with Gasteiger partial charge >= 0.3 is 6.18 Å². The number of ether oxygens (including phenoxy) is 1. The molecule has 0 radical (unpaired) electrons. The average molecular weight is 360 g/mol. The summed E-state index contributed by atoms with van der Waals surface area (Å²) < 4.78 is 46.0. The Hall–Kier alpha value is -1.67. The van der Waals surface area contributed by atoms with Crippen molar-refractivity contribution in [2.24, 2.45) is 0 Å². The highest BCUT2D eigenvalue weighted by Crippen LogP contribution is 2.28. The molecule has 1 aliphatic heterocycles. The number of aromatic nitrogens is 1. The molecule has 1 aromatic heterocycles. The Labute approximate surface area is 144 Å². The monoisotopic (exact) mass is 360 g/mol. The fourth-order valence-electron chi connectivity index (χ4n) is 3.16. The van der Waals surface area contributed by atoms with Crippen LogP contribution in [0.15, 0.2) is 16.9 Å². The van der Waals surface area contributed by atoms with E-state index in [4.69, 9.17) is 4.74 Å². The van der Waals surface area contributed by atoms with Gasteiger partial charge < -0.3 is 9.30 Å². The highest BCUT2D eigenvalue weighted by atomic mass is 19.4. The third kappa shape index (κ3) is 4.70. The SMILES string of the molecule is CCC(=O)c1ccc(C(F)(F)F)n(CCN2C[C@@H](C)O[C@@H](C)C2)c1=O. The fourth-order valence-corrected chi connectivity index (χ4v) is 3.16. The van der Waals surface area contributed by atoms with Crippen molar-refractivity contribution in [3.63, 3.8) is 0 Å². The van der Waals surface area contributed by atoms with E-state index >= 15 is 0 Å². The number of rotatable bonds is 5. The van der Waals surface area contributed by atoms with E-state index in [1.807, 2.05) is 18.7 Å². The Balaban J connectivity index is 2.30. The van der Waals surface area contributed by atoms with Crippen molar-refractivity contribution >= 4 is 5.78 Å². The summed E-state index contributed by atoms with van der Waals surface area (Å²) in [7, 11) is 0. The van der Waals surface area contributed by atoms with Crippen LogP contribution < -0.4 is 5.56 Å². The molecule has 2 rings (SSSR count). The number of Topliss-reactive ketones (excluding diaryl/α,β-unsaturated/α-hetero) is 1. The summed E-state index contributed by atoms with van der Waals surface area (Å²) in [5.74, 6) is -0.457. The van der Waals surface area contributed by atoms with Crippen molar-refractivity contribution in [1.29, 1.82) is 0 Å². The molecule has 25 heavy (non-hydrogen) atoms. The zero-order chi connectivity index (χ0) is 18.8. The van der Waals surface area contributed by atoms with Crippen molar-refractivity contribution in [3.8, 4) is 0 Å². The first kappa shape index (κ1) is 19.7. The third-order valence-electron chi connectivity index (χ3n) is 4.22. The molecule has 0 N–H and O–H groups in total. The van der Waals surface area contributed by atoms with Crippen LogP contribution in [0.1, 0.15) is 43.2 Å². The number of alkyl halides is 3. The van der Waals surface area contributed by atoms with E-state index in [2.05, 4.69) is 0 Å². The van der Waals surface area contributed by atoms with Gasteiger partial charge in [-0.3, -0.25) is 14.5 Å². The second-order valence-electron chi connectivity index (χ2n) is 6.38. The largest absolute Gasteiger partial charge is 0.431 e. The standard InChI is InChI=1S/C17H23F3N2O3/c1-4-14(23)13-5-6-15(17(18,19)20)22(16(13)24)8-7-21-9-11(2)25-12(3)10-21/h5-6,11-12H,4,7-10H2,1-3H3/t11-,12+. The van der Waals surface area contributed by atoms with Gasteiger partial charge in [0.1, 0.15) is 5.69 Å². The molecule has 2 atom stereocenters. The van der Waals surface area contributed by atoms with Crippen LogP contribution in [0.4, 0.5) is 13.2 Å². The summed E-state index contributed by atoms with van der Waals surface area (Å²) in [5, 5.41) is 0. The Kier molecular flexibility index (Phi) is 6.05. The van der Waals surface area contributed by atoms with Crippen molar-refractivity contribution in [3.05, 3.63) is 33.7 Å². The maximum absolute atomic E-state index is 13.3. The van der Waals surface area contributed by atoms with E-state index in [1.165, 1.54) is 0 Å². The van der Waals surface area contributed by atoms with Gasteiger partial charge in [0.05, 0.1) is 17.8 Å². The van der Waals surface area contributed by atoms with Crippen molar-refractivity contribution in [2.75, 3.05) is 19.6 Å². The first-order valence-corrected chi connectivity index (χ1v) is 8.35. The molecule has 0 saturated carbocycles. The summed E-state index contributed by atoms with van der Waals surface area (Å²) in [6.45, 7) is 6.71. The molecule has 8 heteroatoms. The number of halogens is 3. The lowest BCUT2D eigenvalue weighted by Crippen LogP contribution is -2.47. The maximum Gasteiger partial charge on any atom is 0.431 e. The predicted molar refractivity (Wildman–Crippen MR) is 86.8 cm³/mol. The van der Waals surface area contributed by atoms with Gasteiger partial charge in [-0.2, -0.15) is 13.2 Å². The van der Waals surface area contributed by atoms with Crippen LogP contribution in [0.25, 0.3) is 0 Å². The van der Waals surface area contributed by atoms with Crippen LogP contribution in [-0.4, -0.2) is 47.1 Å². The Morgan fingerprint density at radius 3 is 2.32 bits per heavy atom. The van der Waals surface area contributed by atoms with E-state index in [9.17, 15) is 22.8 Å². The summed E-state index contributed by atoms with van der Waals surface area (Å²) >= 11 is 0. The molecule has 0 amide bonds. The average Bonchev–Trinajstić information content (AvgIpc) is 2.50. The van der Waals surface area contributed by atoms with Crippen LogP contribution in [0.5, 0.6) is 0 Å². The van der Waals surface area contributed by atoms with Crippen molar-refractivity contribution < 1.29 is 22.7 Å². The molecule has 0 aromatic carbocycles. The third-order valence-corrected chi connectivity index (χ3v) is 4.22. The van der Waals surface area contributed by atoms with Gasteiger partial charge in [0.25, 0.3) is 5.56 Å². The lowest BCUT2D eigenvalue weighted by Gasteiger charge is -2.35. The van der Waals surface area contributed by atoms with Gasteiger partial charge in [-0.25, -0.2) is 0 Å². The molecular weight excluding hydrogens is 337 g/mol. The minimum Gasteiger partial charge on any atom is -0.373 e. The Morgan fingerprint density at radius 1 is 1.20 bits per heavy atom. The predicted octanol–water partition coefficient (Wildman–Crippen LogP) is 2.57. The fraction of sp³-hybridized carbons (Fsp3) is 0.647. The Morgan fingerprint density at radius 2 is 1.80 bits per heavy atom. The highest BCUT2D eigenvalue weighted by Gasteiger charge is 2.35. The smallest absolute Gasteiger partial charge is 0.373 e. The van der Waals surface area contributed by atoms with E-state index < -0.39 is 23.2 Å². The Bertz CT molecular complexity index is 675. The van der Waals surface area contributed by atoms with Crippen LogP contribution in [0, 0.1) is 0 Å². The zero-order valence-electron chi connectivity index (χ0n) is 14.6. The molecule has 0 aliphatic carbocycles. The minimum absolute atomic E-state index is 0.0180. The van der Waals surface area contributed by atoms with E-state index in [1.54, 1.807) is 6.92 Å². The molecule has 1 aromatic rings. The summed E-state index contributed by atoms with van der Waals surface area (Å²) in [6, 6.07) is 1.79. The summed E-state index contributed by atoms with van der Waals surface area (Å²) in [5.41, 5.74) is -2.10. The maximum atomic E-state index is 13.3. The first-order valence-electron chi connectivity index (χ1n) is 8.35. The molecule has 1 saturated heterocycles. The second-order valence-corrected chi connectivity index (χ2v) is 6.38. The number of pyridine rings is 1. The van der Waals surface area contributed by atoms with Gasteiger partial charge in [0.2, 0.25) is 0 Å². The lowest BCUT2D eigenvalue weighted by molar-refractivity contribution is -0.144. The zero-order valence-corrected chi connectivity index (χ0v) is 14.6. The topological polar surface area (TPSA) is 51.5 Å². The van der Waals surface area contributed by atoms with Crippen LogP contribution in [0.3, 0.4) is 0 Å². The van der Waals surface area contributed by atoms with Crippen molar-refractivity contribution in [2.45, 2.75) is 52.1 Å². The minimum atomic E-state index is -4.65. The number of carbonyl (C=O) groups is 1. The summed E-state index contributed by atoms with van der Waals surface area (Å²) in [4.78, 5) is 26.2. The molecule has 1 fully saturated rings. The molecule has 0 bridgehead atoms. The van der Waals surface area contributed by atoms with Crippen LogP contribution >= 0.6 is 0 Å². The van der Waals surface area contributed by atoms with Crippen LogP contribution in [0.2, 0.25) is 0 Å². The van der Waals surface area contributed by atoms with Crippen LogP contribution in [-0.2, 0) is 17.5 Å². The van der Waals surface area contributed by atoms with E-state index in [0.29, 0.717) is 17.7 Å². The van der Waals surface area contributed by atoms with Gasteiger partial charge in [0.15, 0.2) is 5.78 Å². The van der Waals surface area contributed by atoms with Gasteiger partial charge in [-0.1, -0.05) is 6.92 Å². The van der Waals surface area contributed by atoms with E-state index in [-0.39, 0.29) is 37.3 Å². The lowest BCUT2D eigenvalue weighted by atomic mass is 10.1. The number of nitrogens with zero attached hydrogens (tertiary/aromatic N) is 2. The van der Waals surface area contributed by atoms with Gasteiger partial charge in [-0.05, 0) is 26.0 Å². The molecule has 0 spiro atoms. The second kappa shape index (κ2) is 7.70. The van der Waals surface area contributed by atoms with Crippen molar-refractivity contribution in [1.82, 2.24) is 9.47 Å². The molecule has 140 valence electrons. The molecule has 1 aliphatic rings. The normalized spacial score (nSPS) is 22.2. The molecule has 5 nitrogen and oxygen atoms in total. The molecular formula is C17H23F3N2O3. The molecule has 0 unspecified atom stereocenters. The first-order chi connectivity index (χ1) is 11.6. The quantitative estimate of drug-likeness (QED) is 0.758. The van der Waals surface area contributed by atoms with Gasteiger partial charge in [0, 0.05) is 32.6 Å². The highest BCUT2D eigenvalue weighted by molar-refractivity contribution is 5.95. The molecule has 2 heterocycles. The summed E-state index contributed by atoms with van der Waals surface area (Å²) in [6.07, 6.45) is -4.62. The number of hydrogen-bond donors (Lipinski definition) is 0. The number of carbonyl (C=O) groups excluding carboxylic acids is 1. The number of ketones is 1. The van der Waals surface area contributed by atoms with E-state index in [0.717, 1.165) is 12.1 Å². The number of hydrogen-bond acceptors (Lipinski definition) is 4. The number of morpholine rings is 1. The van der Waals surface area contributed by atoms with Gasteiger partial charge in [-0.15, -0.1) is 0 Å².